The van der Waals surface area contributed by atoms with E-state index in [1.54, 1.807) is 72.8 Å². The minimum atomic E-state index is -3.44. The fraction of sp³-hybridized carbons (Fsp3) is 0.231. The Kier molecular flexibility index (Phi) is 6.87. The molecule has 0 heterocycles. The number of rotatable bonds is 8. The van der Waals surface area contributed by atoms with E-state index in [9.17, 15) is 18.0 Å². The number of halogens is 1. The molecule has 182 valence electrons. The van der Waals surface area contributed by atoms with E-state index in [0.717, 1.165) is 19.1 Å². The van der Waals surface area contributed by atoms with Crippen LogP contribution in [0.2, 0.25) is 5.02 Å². The van der Waals surface area contributed by atoms with Gasteiger partial charge in [-0.2, -0.15) is 0 Å². The van der Waals surface area contributed by atoms with Crippen molar-refractivity contribution < 1.29 is 18.0 Å². The molecular weight excluding hydrogens is 486 g/mol. The number of primary amides is 1. The second-order valence-electron chi connectivity index (χ2n) is 8.85. The van der Waals surface area contributed by atoms with Gasteiger partial charge in [0.25, 0.3) is 0 Å². The fourth-order valence-corrected chi connectivity index (χ4v) is 5.19. The van der Waals surface area contributed by atoms with Crippen LogP contribution in [0.1, 0.15) is 24.8 Å². The fourth-order valence-electron chi connectivity index (χ4n) is 4.15. The van der Waals surface area contributed by atoms with Crippen LogP contribution in [0.15, 0.2) is 77.7 Å². The smallest absolute Gasteiger partial charge is 0.320 e. The highest BCUT2D eigenvalue weighted by Crippen LogP contribution is 2.41. The summed E-state index contributed by atoms with van der Waals surface area (Å²) in [5.74, 6) is -0.399. The number of hydrogen-bond donors (Lipinski definition) is 3. The molecule has 9 heteroatoms. The highest BCUT2D eigenvalue weighted by molar-refractivity contribution is 7.90. The van der Waals surface area contributed by atoms with Gasteiger partial charge in [-0.3, -0.25) is 4.79 Å². The van der Waals surface area contributed by atoms with Gasteiger partial charge in [-0.15, -0.1) is 0 Å². The molecule has 35 heavy (non-hydrogen) atoms. The van der Waals surface area contributed by atoms with Crippen molar-refractivity contribution in [1.82, 2.24) is 5.32 Å². The number of anilines is 1. The van der Waals surface area contributed by atoms with Gasteiger partial charge in [0.2, 0.25) is 5.91 Å². The summed E-state index contributed by atoms with van der Waals surface area (Å²) in [6.45, 7) is 0. The van der Waals surface area contributed by atoms with Crippen molar-refractivity contribution in [1.29, 1.82) is 0 Å². The number of benzene rings is 3. The van der Waals surface area contributed by atoms with Crippen molar-refractivity contribution in [2.75, 3.05) is 11.6 Å². The Labute approximate surface area is 209 Å². The van der Waals surface area contributed by atoms with Gasteiger partial charge >= 0.3 is 6.03 Å². The van der Waals surface area contributed by atoms with E-state index >= 15 is 0 Å². The molecule has 3 amide bonds. The van der Waals surface area contributed by atoms with E-state index in [2.05, 4.69) is 10.6 Å². The summed E-state index contributed by atoms with van der Waals surface area (Å²) in [4.78, 5) is 26.0. The molecule has 0 spiro atoms. The molecule has 3 aromatic carbocycles. The van der Waals surface area contributed by atoms with Crippen molar-refractivity contribution in [3.8, 4) is 11.1 Å². The molecule has 0 saturated heterocycles. The standard InChI is InChI=1S/C26H26ClN3O4S/c1-35(33,34)23-5-3-2-4-22(23)18-8-10-19(11-9-18)26(24(28)31,16-17-6-7-17)30-25(32)29-21-14-12-20(27)13-15-21/h2-5,8-15,17H,6-7,16H2,1H3,(H2,28,31)(H2,29,30,32)/t26-/m1/s1. The van der Waals surface area contributed by atoms with Crippen molar-refractivity contribution >= 4 is 39.1 Å². The molecule has 3 aromatic rings. The number of sulfone groups is 1. The average Bonchev–Trinajstić information content (AvgIpc) is 3.63. The molecular formula is C26H26ClN3O4S. The lowest BCUT2D eigenvalue weighted by Gasteiger charge is -2.32. The van der Waals surface area contributed by atoms with Gasteiger partial charge in [0.15, 0.2) is 9.84 Å². The lowest BCUT2D eigenvalue weighted by molar-refractivity contribution is -0.124. The Morgan fingerprint density at radius 2 is 1.63 bits per heavy atom. The Bertz CT molecular complexity index is 1350. The van der Waals surface area contributed by atoms with Crippen LogP contribution in [0, 0.1) is 5.92 Å². The number of carbonyl (C=O) groups excluding carboxylic acids is 2. The molecule has 0 aromatic heterocycles. The molecule has 1 fully saturated rings. The van der Waals surface area contributed by atoms with Crippen LogP contribution < -0.4 is 16.4 Å². The van der Waals surface area contributed by atoms with Crippen molar-refractivity contribution in [3.05, 3.63) is 83.4 Å². The summed E-state index contributed by atoms with van der Waals surface area (Å²) in [6.07, 6.45) is 3.44. The minimum absolute atomic E-state index is 0.215. The molecule has 4 rings (SSSR count). The van der Waals surface area contributed by atoms with Crippen LogP contribution in [0.4, 0.5) is 10.5 Å². The number of amides is 3. The second kappa shape index (κ2) is 9.71. The number of hydrogen-bond acceptors (Lipinski definition) is 4. The van der Waals surface area contributed by atoms with E-state index in [-0.39, 0.29) is 10.8 Å². The van der Waals surface area contributed by atoms with Gasteiger partial charge in [0.1, 0.15) is 5.54 Å². The molecule has 1 saturated carbocycles. The average molecular weight is 512 g/mol. The van der Waals surface area contributed by atoms with E-state index < -0.39 is 27.3 Å². The van der Waals surface area contributed by atoms with Crippen LogP contribution in [0.3, 0.4) is 0 Å². The van der Waals surface area contributed by atoms with Crippen molar-refractivity contribution in [2.45, 2.75) is 29.7 Å². The van der Waals surface area contributed by atoms with Gasteiger partial charge in [-0.25, -0.2) is 13.2 Å². The third-order valence-electron chi connectivity index (χ3n) is 6.12. The van der Waals surface area contributed by atoms with E-state index in [1.165, 1.54) is 0 Å². The van der Waals surface area contributed by atoms with E-state index in [4.69, 9.17) is 17.3 Å². The molecule has 0 unspecified atom stereocenters. The first kappa shape index (κ1) is 24.8. The SMILES string of the molecule is CS(=O)(=O)c1ccccc1-c1ccc([C@@](CC2CC2)(NC(=O)Nc2ccc(Cl)cc2)C(N)=O)cc1. The van der Waals surface area contributed by atoms with Crippen LogP contribution in [0.25, 0.3) is 11.1 Å². The van der Waals surface area contributed by atoms with Gasteiger partial charge < -0.3 is 16.4 Å². The molecule has 4 N–H and O–H groups in total. The molecule has 1 aliphatic rings. The predicted octanol–water partition coefficient (Wildman–Crippen LogP) is 4.71. The Morgan fingerprint density at radius 3 is 2.20 bits per heavy atom. The van der Waals surface area contributed by atoms with Crippen LogP contribution >= 0.6 is 11.6 Å². The number of nitrogens with two attached hydrogens (primary N) is 1. The largest absolute Gasteiger partial charge is 0.367 e. The maximum Gasteiger partial charge on any atom is 0.320 e. The number of carbonyl (C=O) groups is 2. The summed E-state index contributed by atoms with van der Waals surface area (Å²) in [5, 5.41) is 6.08. The highest BCUT2D eigenvalue weighted by atomic mass is 35.5. The monoisotopic (exact) mass is 511 g/mol. The van der Waals surface area contributed by atoms with Crippen LogP contribution in [0.5, 0.6) is 0 Å². The Morgan fingerprint density at radius 1 is 1.00 bits per heavy atom. The van der Waals surface area contributed by atoms with Gasteiger partial charge in [0, 0.05) is 22.5 Å². The first-order chi connectivity index (χ1) is 16.6. The highest BCUT2D eigenvalue weighted by Gasteiger charge is 2.44. The van der Waals surface area contributed by atoms with E-state index in [0.29, 0.717) is 33.8 Å². The lowest BCUT2D eigenvalue weighted by Crippen LogP contribution is -2.56. The first-order valence-corrected chi connectivity index (χ1v) is 13.4. The summed E-state index contributed by atoms with van der Waals surface area (Å²) >= 11 is 5.91. The maximum absolute atomic E-state index is 12.9. The van der Waals surface area contributed by atoms with Crippen molar-refractivity contribution in [2.24, 2.45) is 11.7 Å². The maximum atomic E-state index is 12.9. The molecule has 0 bridgehead atoms. The summed E-state index contributed by atoms with van der Waals surface area (Å²) < 4.78 is 24.5. The molecule has 0 aliphatic heterocycles. The third kappa shape index (κ3) is 5.66. The molecule has 7 nitrogen and oxygen atoms in total. The normalized spacial score (nSPS) is 15.1. The molecule has 0 radical (unpaired) electrons. The zero-order chi connectivity index (χ0) is 25.2. The summed E-state index contributed by atoms with van der Waals surface area (Å²) in [7, 11) is -3.44. The molecule has 1 atom stereocenters. The van der Waals surface area contributed by atoms with E-state index in [1.807, 2.05) is 0 Å². The number of urea groups is 1. The van der Waals surface area contributed by atoms with Gasteiger partial charge in [-0.1, -0.05) is 66.9 Å². The second-order valence-corrected chi connectivity index (χ2v) is 11.3. The quantitative estimate of drug-likeness (QED) is 0.405. The predicted molar refractivity (Wildman–Crippen MR) is 137 cm³/mol. The van der Waals surface area contributed by atoms with Gasteiger partial charge in [0.05, 0.1) is 4.90 Å². The Hall–Kier alpha value is -3.36. The zero-order valence-corrected chi connectivity index (χ0v) is 20.7. The summed E-state index contributed by atoms with van der Waals surface area (Å²) in [5.41, 5.74) is 6.75. The third-order valence-corrected chi connectivity index (χ3v) is 7.52. The zero-order valence-electron chi connectivity index (χ0n) is 19.1. The van der Waals surface area contributed by atoms with Gasteiger partial charge in [-0.05, 0) is 53.8 Å². The molecule has 1 aliphatic carbocycles. The Balaban J connectivity index is 1.67. The first-order valence-electron chi connectivity index (χ1n) is 11.1. The van der Waals surface area contributed by atoms with Crippen LogP contribution in [-0.2, 0) is 20.2 Å². The lowest BCUT2D eigenvalue weighted by atomic mass is 9.83. The summed E-state index contributed by atoms with van der Waals surface area (Å²) in [6, 6.07) is 19.7. The minimum Gasteiger partial charge on any atom is -0.367 e. The topological polar surface area (TPSA) is 118 Å². The van der Waals surface area contributed by atoms with Crippen molar-refractivity contribution in [3.63, 3.8) is 0 Å². The number of nitrogens with one attached hydrogen (secondary N) is 2. The van der Waals surface area contributed by atoms with Crippen LogP contribution in [-0.4, -0.2) is 26.6 Å².